The van der Waals surface area contributed by atoms with Crippen LogP contribution in [-0.2, 0) is 12.8 Å². The molecule has 1 N–H and O–H groups in total. The normalized spacial score (nSPS) is 14.8. The molecule has 1 unspecified atom stereocenters. The number of rotatable bonds is 6. The van der Waals surface area contributed by atoms with Crippen molar-refractivity contribution in [2.24, 2.45) is 0 Å². The maximum atomic E-state index is 5.57. The molecule has 1 aliphatic heterocycles. The predicted octanol–water partition coefficient (Wildman–Crippen LogP) is 3.67. The zero-order valence-electron chi connectivity index (χ0n) is 12.7. The SMILES string of the molecule is CCNC(CCc1ccc2c(c1)CCO2)c1cnc(C)s1. The highest BCUT2D eigenvalue weighted by Gasteiger charge is 2.15. The second-order valence-corrected chi connectivity index (χ2v) is 6.74. The van der Waals surface area contributed by atoms with Gasteiger partial charge in [0, 0.05) is 23.5 Å². The molecule has 0 spiro atoms. The van der Waals surface area contributed by atoms with Crippen molar-refractivity contribution in [2.75, 3.05) is 13.2 Å². The zero-order valence-corrected chi connectivity index (χ0v) is 13.5. The van der Waals surface area contributed by atoms with Gasteiger partial charge >= 0.3 is 0 Å². The van der Waals surface area contributed by atoms with Gasteiger partial charge in [0.05, 0.1) is 11.6 Å². The summed E-state index contributed by atoms with van der Waals surface area (Å²) in [5, 5.41) is 4.72. The Morgan fingerprint density at radius 2 is 2.33 bits per heavy atom. The molecule has 21 heavy (non-hydrogen) atoms. The van der Waals surface area contributed by atoms with Crippen molar-refractivity contribution in [1.82, 2.24) is 10.3 Å². The minimum Gasteiger partial charge on any atom is -0.493 e. The van der Waals surface area contributed by atoms with Crippen LogP contribution in [0.15, 0.2) is 24.4 Å². The van der Waals surface area contributed by atoms with Gasteiger partial charge in [-0.1, -0.05) is 19.1 Å². The third-order valence-corrected chi connectivity index (χ3v) is 4.94. The number of aromatic nitrogens is 1. The van der Waals surface area contributed by atoms with Crippen molar-refractivity contribution in [2.45, 2.75) is 39.2 Å². The van der Waals surface area contributed by atoms with Gasteiger partial charge in [-0.25, -0.2) is 4.98 Å². The van der Waals surface area contributed by atoms with Gasteiger partial charge in [-0.05, 0) is 43.5 Å². The fourth-order valence-electron chi connectivity index (χ4n) is 2.84. The van der Waals surface area contributed by atoms with Gasteiger partial charge in [0.15, 0.2) is 0 Å². The maximum absolute atomic E-state index is 5.57. The molecule has 1 atom stereocenters. The Morgan fingerprint density at radius 1 is 1.43 bits per heavy atom. The topological polar surface area (TPSA) is 34.1 Å². The molecule has 0 saturated heterocycles. The lowest BCUT2D eigenvalue weighted by molar-refractivity contribution is 0.357. The Labute approximate surface area is 130 Å². The van der Waals surface area contributed by atoms with Crippen molar-refractivity contribution >= 4 is 11.3 Å². The number of fused-ring (bicyclic) bond motifs is 1. The molecule has 0 saturated carbocycles. The summed E-state index contributed by atoms with van der Waals surface area (Å²) in [7, 11) is 0. The van der Waals surface area contributed by atoms with Crippen LogP contribution in [0.4, 0.5) is 0 Å². The van der Waals surface area contributed by atoms with E-state index >= 15 is 0 Å². The highest BCUT2D eigenvalue weighted by molar-refractivity contribution is 7.11. The number of nitrogens with one attached hydrogen (secondary N) is 1. The van der Waals surface area contributed by atoms with E-state index in [0.717, 1.165) is 43.2 Å². The molecule has 3 nitrogen and oxygen atoms in total. The number of benzene rings is 1. The summed E-state index contributed by atoms with van der Waals surface area (Å²) in [6, 6.07) is 7.04. The summed E-state index contributed by atoms with van der Waals surface area (Å²) < 4.78 is 5.57. The molecule has 0 bridgehead atoms. The van der Waals surface area contributed by atoms with E-state index in [0.29, 0.717) is 6.04 Å². The first-order valence-corrected chi connectivity index (χ1v) is 8.48. The van der Waals surface area contributed by atoms with Crippen molar-refractivity contribution in [3.63, 3.8) is 0 Å². The van der Waals surface area contributed by atoms with E-state index in [1.165, 1.54) is 16.0 Å². The van der Waals surface area contributed by atoms with Crippen LogP contribution in [0.5, 0.6) is 5.75 Å². The molecule has 1 aromatic heterocycles. The Bertz CT molecular complexity index is 609. The first-order chi connectivity index (χ1) is 10.3. The van der Waals surface area contributed by atoms with E-state index in [4.69, 9.17) is 4.74 Å². The Kier molecular flexibility index (Phi) is 4.56. The van der Waals surface area contributed by atoms with Crippen molar-refractivity contribution < 1.29 is 4.74 Å². The van der Waals surface area contributed by atoms with Gasteiger partial charge in [0.25, 0.3) is 0 Å². The summed E-state index contributed by atoms with van der Waals surface area (Å²) >= 11 is 1.80. The fraction of sp³-hybridized carbons (Fsp3) is 0.471. The van der Waals surface area contributed by atoms with Crippen LogP contribution < -0.4 is 10.1 Å². The molecular formula is C17H22N2OS. The molecular weight excluding hydrogens is 280 g/mol. The number of thiazole rings is 1. The average molecular weight is 302 g/mol. The van der Waals surface area contributed by atoms with E-state index in [1.54, 1.807) is 11.3 Å². The molecule has 112 valence electrons. The third kappa shape index (κ3) is 3.44. The Morgan fingerprint density at radius 3 is 3.10 bits per heavy atom. The fourth-order valence-corrected chi connectivity index (χ4v) is 3.73. The quantitative estimate of drug-likeness (QED) is 0.884. The molecule has 1 aromatic carbocycles. The monoisotopic (exact) mass is 302 g/mol. The zero-order chi connectivity index (χ0) is 14.7. The van der Waals surface area contributed by atoms with E-state index < -0.39 is 0 Å². The van der Waals surface area contributed by atoms with E-state index in [1.807, 2.05) is 6.20 Å². The smallest absolute Gasteiger partial charge is 0.122 e. The van der Waals surface area contributed by atoms with Crippen LogP contribution in [0.25, 0.3) is 0 Å². The van der Waals surface area contributed by atoms with Crippen molar-refractivity contribution in [1.29, 1.82) is 0 Å². The minimum atomic E-state index is 0.408. The van der Waals surface area contributed by atoms with Gasteiger partial charge in [-0.3, -0.25) is 0 Å². The molecule has 2 aromatic rings. The lowest BCUT2D eigenvalue weighted by Crippen LogP contribution is -2.20. The highest BCUT2D eigenvalue weighted by atomic mass is 32.1. The second kappa shape index (κ2) is 6.58. The highest BCUT2D eigenvalue weighted by Crippen LogP contribution is 2.28. The van der Waals surface area contributed by atoms with E-state index in [9.17, 15) is 0 Å². The number of hydrogen-bond acceptors (Lipinski definition) is 4. The summed E-state index contributed by atoms with van der Waals surface area (Å²) in [4.78, 5) is 5.73. The van der Waals surface area contributed by atoms with Crippen LogP contribution in [0.1, 0.15) is 40.4 Å². The molecule has 0 fully saturated rings. The summed E-state index contributed by atoms with van der Waals surface area (Å²) in [6.45, 7) is 6.05. The van der Waals surface area contributed by atoms with Crippen molar-refractivity contribution in [3.05, 3.63) is 45.4 Å². The van der Waals surface area contributed by atoms with Gasteiger partial charge in [0.1, 0.15) is 5.75 Å². The molecule has 2 heterocycles. The van der Waals surface area contributed by atoms with E-state index in [2.05, 4.69) is 42.3 Å². The molecule has 1 aliphatic rings. The maximum Gasteiger partial charge on any atom is 0.122 e. The Balaban J connectivity index is 1.66. The molecule has 3 rings (SSSR count). The summed E-state index contributed by atoms with van der Waals surface area (Å²) in [5.74, 6) is 1.07. The molecule has 0 aliphatic carbocycles. The number of ether oxygens (including phenoxy) is 1. The van der Waals surface area contributed by atoms with Crippen LogP contribution in [0.2, 0.25) is 0 Å². The van der Waals surface area contributed by atoms with Gasteiger partial charge in [-0.2, -0.15) is 0 Å². The first-order valence-electron chi connectivity index (χ1n) is 7.66. The molecule has 4 heteroatoms. The van der Waals surface area contributed by atoms with Crippen LogP contribution in [-0.4, -0.2) is 18.1 Å². The predicted molar refractivity (Wildman–Crippen MR) is 87.2 cm³/mol. The van der Waals surface area contributed by atoms with E-state index in [-0.39, 0.29) is 0 Å². The van der Waals surface area contributed by atoms with Crippen LogP contribution in [0, 0.1) is 6.92 Å². The molecule has 0 radical (unpaired) electrons. The standard InChI is InChI=1S/C17H22N2OS/c1-3-18-15(17-11-19-12(2)21-17)6-4-13-5-7-16-14(10-13)8-9-20-16/h5,7,10-11,15,18H,3-4,6,8-9H2,1-2H3. The number of hydrogen-bond donors (Lipinski definition) is 1. The largest absolute Gasteiger partial charge is 0.493 e. The van der Waals surface area contributed by atoms with Crippen molar-refractivity contribution in [3.8, 4) is 5.75 Å². The second-order valence-electron chi connectivity index (χ2n) is 5.47. The summed E-state index contributed by atoms with van der Waals surface area (Å²) in [5.41, 5.74) is 2.77. The summed E-state index contributed by atoms with van der Waals surface area (Å²) in [6.07, 6.45) is 5.26. The number of aryl methyl sites for hydroxylation is 2. The lowest BCUT2D eigenvalue weighted by Gasteiger charge is -2.16. The van der Waals surface area contributed by atoms with Crippen LogP contribution >= 0.6 is 11.3 Å². The minimum absolute atomic E-state index is 0.408. The molecule has 0 amide bonds. The number of nitrogens with zero attached hydrogens (tertiary/aromatic N) is 1. The van der Waals surface area contributed by atoms with Gasteiger partial charge in [0.2, 0.25) is 0 Å². The Hall–Kier alpha value is -1.39. The third-order valence-electron chi connectivity index (χ3n) is 3.91. The van der Waals surface area contributed by atoms with Crippen LogP contribution in [0.3, 0.4) is 0 Å². The lowest BCUT2D eigenvalue weighted by atomic mass is 10.0. The van der Waals surface area contributed by atoms with Gasteiger partial charge in [-0.15, -0.1) is 11.3 Å². The van der Waals surface area contributed by atoms with Gasteiger partial charge < -0.3 is 10.1 Å². The average Bonchev–Trinajstić information content (AvgIpc) is 3.11. The first kappa shape index (κ1) is 14.5.